The molecule has 0 aliphatic carbocycles. The molecule has 0 atom stereocenters. The van der Waals surface area contributed by atoms with Crippen molar-refractivity contribution in [2.75, 3.05) is 12.4 Å². The molecule has 2 N–H and O–H groups in total. The molecule has 2 aromatic carbocycles. The van der Waals surface area contributed by atoms with Crippen molar-refractivity contribution in [2.45, 2.75) is 33.2 Å². The molecule has 5 heteroatoms. The van der Waals surface area contributed by atoms with Crippen LogP contribution in [0.4, 0.5) is 5.69 Å². The lowest BCUT2D eigenvalue weighted by Gasteiger charge is -2.09. The largest absolute Gasteiger partial charge is 0.497 e. The van der Waals surface area contributed by atoms with Gasteiger partial charge in [-0.3, -0.25) is 9.59 Å². The van der Waals surface area contributed by atoms with Crippen molar-refractivity contribution in [3.8, 4) is 5.75 Å². The number of hydrogen-bond donors (Lipinski definition) is 2. The zero-order chi connectivity index (χ0) is 18.9. The summed E-state index contributed by atoms with van der Waals surface area (Å²) in [5.41, 5.74) is 2.82. The van der Waals surface area contributed by atoms with Gasteiger partial charge in [0.15, 0.2) is 0 Å². The highest BCUT2D eigenvalue weighted by molar-refractivity contribution is 5.92. The summed E-state index contributed by atoms with van der Waals surface area (Å²) in [6.45, 7) is 4.17. The number of carbonyl (C=O) groups is 2. The number of ether oxygens (including phenoxy) is 1. The van der Waals surface area contributed by atoms with Gasteiger partial charge in [-0.25, -0.2) is 0 Å². The number of nitrogens with one attached hydrogen (secondary N) is 2. The van der Waals surface area contributed by atoms with E-state index in [1.54, 1.807) is 7.11 Å². The van der Waals surface area contributed by atoms with Gasteiger partial charge in [-0.15, -0.1) is 0 Å². The Morgan fingerprint density at radius 3 is 2.42 bits per heavy atom. The Kier molecular flexibility index (Phi) is 7.21. The third-order valence-electron chi connectivity index (χ3n) is 4.01. The standard InChI is InChI=1S/C21H26N2O3/c1-15(2)21(25)23-18-10-7-17(8-11-18)14-22-20(24)12-9-16-5-4-6-19(13-16)26-3/h4-8,10-11,13,15H,9,12,14H2,1-3H3,(H,22,24)(H,23,25). The van der Waals surface area contributed by atoms with E-state index in [4.69, 9.17) is 4.74 Å². The van der Waals surface area contributed by atoms with E-state index >= 15 is 0 Å². The van der Waals surface area contributed by atoms with Gasteiger partial charge in [0.25, 0.3) is 0 Å². The summed E-state index contributed by atoms with van der Waals surface area (Å²) in [6, 6.07) is 15.2. The maximum Gasteiger partial charge on any atom is 0.226 e. The number of rotatable bonds is 8. The smallest absolute Gasteiger partial charge is 0.226 e. The molecule has 0 saturated carbocycles. The molecular formula is C21H26N2O3. The Bertz CT molecular complexity index is 739. The second-order valence-corrected chi connectivity index (χ2v) is 6.47. The quantitative estimate of drug-likeness (QED) is 0.762. The van der Waals surface area contributed by atoms with Crippen LogP contribution in [0.1, 0.15) is 31.4 Å². The molecule has 0 radical (unpaired) electrons. The summed E-state index contributed by atoms with van der Waals surface area (Å²) >= 11 is 0. The van der Waals surface area contributed by atoms with E-state index in [-0.39, 0.29) is 17.7 Å². The Labute approximate surface area is 154 Å². The van der Waals surface area contributed by atoms with E-state index in [1.165, 1.54) is 0 Å². The van der Waals surface area contributed by atoms with Gasteiger partial charge in [0.1, 0.15) is 5.75 Å². The van der Waals surface area contributed by atoms with Gasteiger partial charge in [0.2, 0.25) is 11.8 Å². The molecule has 138 valence electrons. The second kappa shape index (κ2) is 9.61. The first-order chi connectivity index (χ1) is 12.5. The minimum Gasteiger partial charge on any atom is -0.497 e. The lowest BCUT2D eigenvalue weighted by atomic mass is 10.1. The lowest BCUT2D eigenvalue weighted by Crippen LogP contribution is -2.23. The van der Waals surface area contributed by atoms with Gasteiger partial charge in [-0.1, -0.05) is 38.1 Å². The minimum absolute atomic E-state index is 0.00464. The topological polar surface area (TPSA) is 67.4 Å². The number of aryl methyl sites for hydroxylation is 1. The predicted octanol–water partition coefficient (Wildman–Crippen LogP) is 3.54. The molecule has 2 amide bonds. The van der Waals surface area contributed by atoms with Crippen molar-refractivity contribution in [1.29, 1.82) is 0 Å². The van der Waals surface area contributed by atoms with Crippen molar-refractivity contribution < 1.29 is 14.3 Å². The van der Waals surface area contributed by atoms with Crippen LogP contribution >= 0.6 is 0 Å². The summed E-state index contributed by atoms with van der Waals surface area (Å²) < 4.78 is 5.19. The Balaban J connectivity index is 1.77. The zero-order valence-corrected chi connectivity index (χ0v) is 15.5. The molecule has 0 spiro atoms. The van der Waals surface area contributed by atoms with Crippen LogP contribution in [0.2, 0.25) is 0 Å². The maximum absolute atomic E-state index is 12.0. The number of anilines is 1. The van der Waals surface area contributed by atoms with Gasteiger partial charge < -0.3 is 15.4 Å². The fourth-order valence-electron chi connectivity index (χ4n) is 2.37. The molecule has 0 unspecified atom stereocenters. The van der Waals surface area contributed by atoms with Crippen LogP contribution in [0.5, 0.6) is 5.75 Å². The fourth-order valence-corrected chi connectivity index (χ4v) is 2.37. The number of carbonyl (C=O) groups excluding carboxylic acids is 2. The van der Waals surface area contributed by atoms with Crippen LogP contribution < -0.4 is 15.4 Å². The van der Waals surface area contributed by atoms with Crippen molar-refractivity contribution in [1.82, 2.24) is 5.32 Å². The van der Waals surface area contributed by atoms with E-state index in [9.17, 15) is 9.59 Å². The zero-order valence-electron chi connectivity index (χ0n) is 15.5. The van der Waals surface area contributed by atoms with E-state index < -0.39 is 0 Å². The SMILES string of the molecule is COc1cccc(CCC(=O)NCc2ccc(NC(=O)C(C)C)cc2)c1. The van der Waals surface area contributed by atoms with E-state index in [1.807, 2.05) is 62.4 Å². The van der Waals surface area contributed by atoms with Crippen molar-refractivity contribution in [3.05, 3.63) is 59.7 Å². The highest BCUT2D eigenvalue weighted by Gasteiger charge is 2.07. The molecule has 2 aromatic rings. The highest BCUT2D eigenvalue weighted by atomic mass is 16.5. The molecule has 0 saturated heterocycles. The van der Waals surface area contributed by atoms with Gasteiger partial charge in [-0.2, -0.15) is 0 Å². The Hall–Kier alpha value is -2.82. The summed E-state index contributed by atoms with van der Waals surface area (Å²) in [7, 11) is 1.63. The fraction of sp³-hybridized carbons (Fsp3) is 0.333. The molecule has 0 fully saturated rings. The van der Waals surface area contributed by atoms with Crippen LogP contribution in [0, 0.1) is 5.92 Å². The van der Waals surface area contributed by atoms with Gasteiger partial charge in [0.05, 0.1) is 7.11 Å². The molecule has 2 rings (SSSR count). The first kappa shape index (κ1) is 19.5. The molecular weight excluding hydrogens is 328 g/mol. The van der Waals surface area contributed by atoms with Crippen LogP contribution in [-0.4, -0.2) is 18.9 Å². The third-order valence-corrected chi connectivity index (χ3v) is 4.01. The highest BCUT2D eigenvalue weighted by Crippen LogP contribution is 2.14. The molecule has 0 aliphatic rings. The number of benzene rings is 2. The lowest BCUT2D eigenvalue weighted by molar-refractivity contribution is -0.121. The van der Waals surface area contributed by atoms with Crippen molar-refractivity contribution in [3.63, 3.8) is 0 Å². The average Bonchev–Trinajstić information content (AvgIpc) is 2.65. The van der Waals surface area contributed by atoms with Crippen LogP contribution in [0.25, 0.3) is 0 Å². The predicted molar refractivity (Wildman–Crippen MR) is 103 cm³/mol. The Morgan fingerprint density at radius 2 is 1.77 bits per heavy atom. The van der Waals surface area contributed by atoms with Crippen LogP contribution in [0.15, 0.2) is 48.5 Å². The molecule has 0 heterocycles. The van der Waals surface area contributed by atoms with Crippen LogP contribution in [-0.2, 0) is 22.6 Å². The second-order valence-electron chi connectivity index (χ2n) is 6.47. The normalized spacial score (nSPS) is 10.5. The Morgan fingerprint density at radius 1 is 1.04 bits per heavy atom. The third kappa shape index (κ3) is 6.24. The van der Waals surface area contributed by atoms with E-state index in [0.717, 1.165) is 22.6 Å². The molecule has 26 heavy (non-hydrogen) atoms. The molecule has 0 aliphatic heterocycles. The van der Waals surface area contributed by atoms with Crippen LogP contribution in [0.3, 0.4) is 0 Å². The van der Waals surface area contributed by atoms with E-state index in [0.29, 0.717) is 19.4 Å². The van der Waals surface area contributed by atoms with Crippen molar-refractivity contribution in [2.24, 2.45) is 5.92 Å². The number of methoxy groups -OCH3 is 1. The monoisotopic (exact) mass is 354 g/mol. The number of hydrogen-bond acceptors (Lipinski definition) is 3. The summed E-state index contributed by atoms with van der Waals surface area (Å²) in [4.78, 5) is 23.7. The first-order valence-electron chi connectivity index (χ1n) is 8.77. The molecule has 0 aromatic heterocycles. The van der Waals surface area contributed by atoms with Crippen molar-refractivity contribution >= 4 is 17.5 Å². The van der Waals surface area contributed by atoms with Gasteiger partial charge >= 0.3 is 0 Å². The molecule has 0 bridgehead atoms. The number of amides is 2. The summed E-state index contributed by atoms with van der Waals surface area (Å²) in [5.74, 6) is 0.736. The summed E-state index contributed by atoms with van der Waals surface area (Å²) in [6.07, 6.45) is 1.10. The van der Waals surface area contributed by atoms with Gasteiger partial charge in [-0.05, 0) is 41.8 Å². The maximum atomic E-state index is 12.0. The minimum atomic E-state index is -0.0569. The molecule has 5 nitrogen and oxygen atoms in total. The first-order valence-corrected chi connectivity index (χ1v) is 8.77. The average molecular weight is 354 g/mol. The van der Waals surface area contributed by atoms with Gasteiger partial charge in [0, 0.05) is 24.6 Å². The summed E-state index contributed by atoms with van der Waals surface area (Å²) in [5, 5.41) is 5.76. The van der Waals surface area contributed by atoms with E-state index in [2.05, 4.69) is 10.6 Å².